The molecule has 2 atom stereocenters. The Balaban J connectivity index is 1.95. The van der Waals surface area contributed by atoms with Gasteiger partial charge in [-0.2, -0.15) is 0 Å². The average molecular weight is 390 g/mol. The first-order chi connectivity index (χ1) is 12.7. The summed E-state index contributed by atoms with van der Waals surface area (Å²) in [6.45, 7) is 0.720. The molecular formula is C16H19F3N3O5+. The van der Waals surface area contributed by atoms with E-state index in [0.717, 1.165) is 12.1 Å². The molecule has 2 amide bonds. The van der Waals surface area contributed by atoms with Crippen molar-refractivity contribution in [1.82, 2.24) is 5.32 Å². The predicted octanol–water partition coefficient (Wildman–Crippen LogP) is -0.530. The van der Waals surface area contributed by atoms with E-state index < -0.39 is 30.0 Å². The van der Waals surface area contributed by atoms with Crippen molar-refractivity contribution in [3.05, 3.63) is 24.3 Å². The van der Waals surface area contributed by atoms with Crippen molar-refractivity contribution in [3.8, 4) is 5.75 Å². The molecule has 2 rings (SSSR count). The van der Waals surface area contributed by atoms with Crippen molar-refractivity contribution in [2.75, 3.05) is 32.1 Å². The van der Waals surface area contributed by atoms with Crippen LogP contribution in [0.4, 0.5) is 18.9 Å². The Morgan fingerprint density at radius 1 is 1.30 bits per heavy atom. The lowest BCUT2D eigenvalue weighted by atomic mass is 10.1. The van der Waals surface area contributed by atoms with Crippen molar-refractivity contribution in [2.45, 2.75) is 18.8 Å². The van der Waals surface area contributed by atoms with Crippen LogP contribution in [0.25, 0.3) is 0 Å². The lowest BCUT2D eigenvalue weighted by Crippen LogP contribution is -3.20. The lowest BCUT2D eigenvalue weighted by Gasteiger charge is -2.30. The summed E-state index contributed by atoms with van der Waals surface area (Å²) < 4.78 is 44.7. The molecule has 0 aromatic heterocycles. The van der Waals surface area contributed by atoms with Gasteiger partial charge in [-0.3, -0.25) is 14.4 Å². The number of rotatable bonds is 6. The van der Waals surface area contributed by atoms with Crippen LogP contribution in [-0.4, -0.2) is 56.9 Å². The van der Waals surface area contributed by atoms with E-state index in [9.17, 15) is 27.6 Å². The maximum Gasteiger partial charge on any atom is 0.573 e. The number of halogens is 3. The van der Waals surface area contributed by atoms with E-state index in [1.165, 1.54) is 19.2 Å². The molecule has 1 saturated heterocycles. The first kappa shape index (κ1) is 20.5. The zero-order valence-electron chi connectivity index (χ0n) is 14.4. The van der Waals surface area contributed by atoms with Crippen LogP contribution in [0.1, 0.15) is 6.42 Å². The molecule has 8 nitrogen and oxygen atoms in total. The number of hydrogen-bond donors (Lipinski definition) is 3. The summed E-state index contributed by atoms with van der Waals surface area (Å²) in [5.74, 6) is -1.76. The third-order valence-corrected chi connectivity index (χ3v) is 3.91. The molecule has 148 valence electrons. The Bertz CT molecular complexity index is 694. The van der Waals surface area contributed by atoms with E-state index in [1.807, 2.05) is 0 Å². The molecule has 0 saturated carbocycles. The summed E-state index contributed by atoms with van der Waals surface area (Å²) in [6.07, 6.45) is -4.95. The van der Waals surface area contributed by atoms with Crippen LogP contribution in [0.5, 0.6) is 5.75 Å². The summed E-state index contributed by atoms with van der Waals surface area (Å²) in [7, 11) is 1.21. The van der Waals surface area contributed by atoms with Crippen molar-refractivity contribution in [3.63, 3.8) is 0 Å². The molecule has 1 aliphatic rings. The van der Waals surface area contributed by atoms with E-state index in [-0.39, 0.29) is 24.6 Å². The van der Waals surface area contributed by atoms with Crippen LogP contribution in [-0.2, 0) is 19.1 Å². The first-order valence-corrected chi connectivity index (χ1v) is 8.02. The molecule has 3 N–H and O–H groups in total. The smallest absolute Gasteiger partial charge is 0.469 e. The lowest BCUT2D eigenvalue weighted by molar-refractivity contribution is -0.909. The maximum absolute atomic E-state index is 12.2. The molecule has 1 fully saturated rings. The number of methoxy groups -OCH3 is 1. The number of carbonyl (C=O) groups is 3. The molecule has 1 aromatic rings. The van der Waals surface area contributed by atoms with Gasteiger partial charge in [0.05, 0.1) is 20.2 Å². The first-order valence-electron chi connectivity index (χ1n) is 8.02. The second-order valence-electron chi connectivity index (χ2n) is 5.83. The van der Waals surface area contributed by atoms with E-state index in [0.29, 0.717) is 18.0 Å². The third kappa shape index (κ3) is 6.44. The summed E-state index contributed by atoms with van der Waals surface area (Å²) >= 11 is 0. The Morgan fingerprint density at radius 3 is 2.56 bits per heavy atom. The molecule has 1 unspecified atom stereocenters. The second kappa shape index (κ2) is 8.71. The molecule has 1 aliphatic heterocycles. The van der Waals surface area contributed by atoms with Gasteiger partial charge in [0.15, 0.2) is 12.6 Å². The summed E-state index contributed by atoms with van der Waals surface area (Å²) in [6, 6.07) is 3.93. The highest BCUT2D eigenvalue weighted by molar-refractivity contribution is 5.92. The van der Waals surface area contributed by atoms with Crippen molar-refractivity contribution in [2.24, 2.45) is 0 Å². The number of nitrogens with one attached hydrogen (secondary N) is 3. The SMILES string of the molecule is COC(=O)C[C@H]1C(=O)NCC[NH+]1CC(=O)Nc1ccc(OC(F)(F)F)cc1. The minimum absolute atomic E-state index is 0.0874. The van der Waals surface area contributed by atoms with Gasteiger partial charge < -0.3 is 25.0 Å². The molecule has 0 aliphatic carbocycles. The Morgan fingerprint density at radius 2 is 1.96 bits per heavy atom. The number of piperazine rings is 1. The monoisotopic (exact) mass is 390 g/mol. The minimum Gasteiger partial charge on any atom is -0.469 e. The number of alkyl halides is 3. The standard InChI is InChI=1S/C16H18F3N3O5/c1-26-14(24)8-12-15(25)20-6-7-22(12)9-13(23)21-10-2-4-11(5-3-10)27-16(17,18)19/h2-5,12H,6-9H2,1H3,(H,20,25)(H,21,23)/p+1/t12-/m0/s1. The number of amides is 2. The fraction of sp³-hybridized carbons (Fsp3) is 0.438. The van der Waals surface area contributed by atoms with E-state index in [4.69, 9.17) is 0 Å². The van der Waals surface area contributed by atoms with Gasteiger partial charge in [-0.15, -0.1) is 13.2 Å². The number of carbonyl (C=O) groups excluding carboxylic acids is 3. The highest BCUT2D eigenvalue weighted by Crippen LogP contribution is 2.23. The van der Waals surface area contributed by atoms with Gasteiger partial charge >= 0.3 is 12.3 Å². The number of hydrogen-bond acceptors (Lipinski definition) is 5. The van der Waals surface area contributed by atoms with E-state index in [1.54, 1.807) is 0 Å². The van der Waals surface area contributed by atoms with Gasteiger partial charge in [0, 0.05) is 5.69 Å². The number of benzene rings is 1. The number of esters is 1. The average Bonchev–Trinajstić information content (AvgIpc) is 2.58. The van der Waals surface area contributed by atoms with Crippen LogP contribution in [0.3, 0.4) is 0 Å². The van der Waals surface area contributed by atoms with Crippen molar-refractivity contribution in [1.29, 1.82) is 0 Å². The zero-order valence-corrected chi connectivity index (χ0v) is 14.4. The van der Waals surface area contributed by atoms with Gasteiger partial charge in [-0.05, 0) is 24.3 Å². The van der Waals surface area contributed by atoms with Crippen LogP contribution in [0.2, 0.25) is 0 Å². The topological polar surface area (TPSA) is 98.2 Å². The number of quaternary nitrogens is 1. The van der Waals surface area contributed by atoms with Crippen LogP contribution < -0.4 is 20.3 Å². The van der Waals surface area contributed by atoms with Crippen molar-refractivity contribution >= 4 is 23.5 Å². The minimum atomic E-state index is -4.79. The molecule has 0 bridgehead atoms. The highest BCUT2D eigenvalue weighted by Gasteiger charge is 2.36. The summed E-state index contributed by atoms with van der Waals surface area (Å²) in [5, 5.41) is 5.17. The quantitative estimate of drug-likeness (QED) is 0.568. The molecular weight excluding hydrogens is 371 g/mol. The largest absolute Gasteiger partial charge is 0.573 e. The highest BCUT2D eigenvalue weighted by atomic mass is 19.4. The third-order valence-electron chi connectivity index (χ3n) is 3.91. The van der Waals surface area contributed by atoms with Crippen molar-refractivity contribution < 1.29 is 41.9 Å². The van der Waals surface area contributed by atoms with Gasteiger partial charge in [0.1, 0.15) is 12.2 Å². The number of anilines is 1. The molecule has 1 heterocycles. The maximum atomic E-state index is 12.2. The van der Waals surface area contributed by atoms with Crippen LogP contribution in [0, 0.1) is 0 Å². The molecule has 27 heavy (non-hydrogen) atoms. The van der Waals surface area contributed by atoms with Gasteiger partial charge in [0.25, 0.3) is 11.8 Å². The van der Waals surface area contributed by atoms with E-state index >= 15 is 0 Å². The van der Waals surface area contributed by atoms with Gasteiger partial charge in [0.2, 0.25) is 0 Å². The number of ether oxygens (including phenoxy) is 2. The van der Waals surface area contributed by atoms with Gasteiger partial charge in [-0.1, -0.05) is 0 Å². The molecule has 0 radical (unpaired) electrons. The molecule has 1 aromatic carbocycles. The fourth-order valence-corrected chi connectivity index (χ4v) is 2.68. The Kier molecular flexibility index (Phi) is 6.61. The Hall–Kier alpha value is -2.82. The second-order valence-corrected chi connectivity index (χ2v) is 5.83. The van der Waals surface area contributed by atoms with E-state index in [2.05, 4.69) is 20.1 Å². The summed E-state index contributed by atoms with van der Waals surface area (Å²) in [5.41, 5.74) is 0.278. The predicted molar refractivity (Wildman–Crippen MR) is 85.9 cm³/mol. The van der Waals surface area contributed by atoms with Gasteiger partial charge in [-0.25, -0.2) is 0 Å². The molecule has 11 heteroatoms. The van der Waals surface area contributed by atoms with Crippen LogP contribution in [0.15, 0.2) is 24.3 Å². The normalized spacial score (nSPS) is 19.8. The molecule has 0 spiro atoms. The van der Waals surface area contributed by atoms with Crippen LogP contribution >= 0.6 is 0 Å². The fourth-order valence-electron chi connectivity index (χ4n) is 2.68. The zero-order chi connectivity index (χ0) is 20.0. The summed E-state index contributed by atoms with van der Waals surface area (Å²) in [4.78, 5) is 36.2. The Labute approximate surface area is 152 Å².